The summed E-state index contributed by atoms with van der Waals surface area (Å²) < 4.78 is 0. The van der Waals surface area contributed by atoms with Crippen LogP contribution in [-0.2, 0) is 0 Å². The molecule has 0 bridgehead atoms. The van der Waals surface area contributed by atoms with Crippen LogP contribution in [0.2, 0.25) is 5.02 Å². The van der Waals surface area contributed by atoms with Gasteiger partial charge in [-0.15, -0.1) is 15.0 Å². The van der Waals surface area contributed by atoms with E-state index in [1.54, 1.807) is 6.07 Å². The fraction of sp³-hybridized carbons (Fsp3) is 0.400. The largest absolute Gasteiger partial charge is 0.353 e. The molecule has 1 aliphatic heterocycles. The van der Waals surface area contributed by atoms with Crippen molar-refractivity contribution in [3.8, 4) is 11.8 Å². The van der Waals surface area contributed by atoms with Gasteiger partial charge in [0, 0.05) is 13.1 Å². The number of rotatable bonds is 2. The molecule has 1 aromatic heterocycles. The Morgan fingerprint density at radius 1 is 1.05 bits per heavy atom. The first-order valence-corrected chi connectivity index (χ1v) is 7.54. The number of halogens is 1. The fourth-order valence-corrected chi connectivity index (χ4v) is 2.80. The van der Waals surface area contributed by atoms with Crippen molar-refractivity contribution >= 4 is 17.4 Å². The fourth-order valence-electron chi connectivity index (χ4n) is 2.59. The molecule has 3 rings (SSSR count). The van der Waals surface area contributed by atoms with Crippen molar-refractivity contribution in [2.75, 3.05) is 18.0 Å². The van der Waals surface area contributed by atoms with Crippen molar-refractivity contribution in [2.45, 2.75) is 25.7 Å². The molecule has 21 heavy (non-hydrogen) atoms. The molecular weight excluding hydrogens is 286 g/mol. The molecule has 0 atom stereocenters. The predicted molar refractivity (Wildman–Crippen MR) is 81.8 cm³/mol. The third kappa shape index (κ3) is 2.86. The van der Waals surface area contributed by atoms with Crippen LogP contribution in [0.1, 0.15) is 31.4 Å². The Balaban J connectivity index is 1.99. The summed E-state index contributed by atoms with van der Waals surface area (Å²) in [4.78, 5) is 3.62. The zero-order valence-electron chi connectivity index (χ0n) is 11.7. The minimum absolute atomic E-state index is 0.358. The van der Waals surface area contributed by atoms with E-state index in [1.807, 2.05) is 18.2 Å². The van der Waals surface area contributed by atoms with Gasteiger partial charge in [-0.05, 0) is 25.0 Å². The van der Waals surface area contributed by atoms with E-state index in [0.29, 0.717) is 22.2 Å². The Bertz CT molecular complexity index is 665. The summed E-state index contributed by atoms with van der Waals surface area (Å²) in [6, 6.07) is 9.51. The molecule has 1 aromatic carbocycles. The van der Waals surface area contributed by atoms with Gasteiger partial charge in [0.05, 0.1) is 5.02 Å². The quantitative estimate of drug-likeness (QED) is 0.855. The number of hydrogen-bond acceptors (Lipinski definition) is 4. The number of nitriles is 1. The number of nitrogens with zero attached hydrogens (tertiary/aromatic N) is 5. The number of hydrogen-bond donors (Lipinski definition) is 0. The highest BCUT2D eigenvalue weighted by Gasteiger charge is 2.20. The smallest absolute Gasteiger partial charge is 0.207 e. The molecule has 1 fully saturated rings. The van der Waals surface area contributed by atoms with Gasteiger partial charge in [-0.2, -0.15) is 5.26 Å². The second kappa shape index (κ2) is 6.15. The van der Waals surface area contributed by atoms with Crippen LogP contribution in [0.25, 0.3) is 5.69 Å². The van der Waals surface area contributed by atoms with E-state index in [0.717, 1.165) is 25.9 Å². The lowest BCUT2D eigenvalue weighted by Gasteiger charge is -2.18. The third-order valence-corrected chi connectivity index (χ3v) is 4.00. The molecule has 0 N–H and O–H groups in total. The Kier molecular flexibility index (Phi) is 4.07. The molecule has 0 saturated carbocycles. The van der Waals surface area contributed by atoms with Crippen molar-refractivity contribution in [3.05, 3.63) is 35.0 Å². The highest BCUT2D eigenvalue weighted by Crippen LogP contribution is 2.24. The Morgan fingerprint density at radius 3 is 2.43 bits per heavy atom. The average molecular weight is 302 g/mol. The summed E-state index contributed by atoms with van der Waals surface area (Å²) in [5.41, 5.74) is 1.05. The van der Waals surface area contributed by atoms with Crippen LogP contribution in [0.4, 0.5) is 5.82 Å². The van der Waals surface area contributed by atoms with Crippen molar-refractivity contribution in [1.29, 1.82) is 5.26 Å². The van der Waals surface area contributed by atoms with E-state index in [9.17, 15) is 5.26 Å². The van der Waals surface area contributed by atoms with Crippen molar-refractivity contribution in [1.82, 2.24) is 15.0 Å². The summed E-state index contributed by atoms with van der Waals surface area (Å²) in [7, 11) is 0. The monoisotopic (exact) mass is 301 g/mol. The highest BCUT2D eigenvalue weighted by atomic mass is 35.5. The first-order chi connectivity index (χ1) is 10.3. The van der Waals surface area contributed by atoms with Crippen LogP contribution in [0.15, 0.2) is 24.3 Å². The first kappa shape index (κ1) is 13.9. The van der Waals surface area contributed by atoms with Crippen LogP contribution >= 0.6 is 11.6 Å². The van der Waals surface area contributed by atoms with E-state index in [1.165, 1.54) is 17.6 Å². The molecule has 0 spiro atoms. The summed E-state index contributed by atoms with van der Waals surface area (Å²) in [5.74, 6) is 0.666. The van der Waals surface area contributed by atoms with Gasteiger partial charge in [0.25, 0.3) is 0 Å². The topological polar surface area (TPSA) is 57.7 Å². The maximum Gasteiger partial charge on any atom is 0.207 e. The number of aromatic nitrogens is 3. The Labute approximate surface area is 128 Å². The van der Waals surface area contributed by atoms with Gasteiger partial charge in [0.15, 0.2) is 5.82 Å². The SMILES string of the molecule is N#Cc1nn(-c2ccccc2Cl)nc1N1CCCCCC1. The van der Waals surface area contributed by atoms with Gasteiger partial charge in [-0.1, -0.05) is 36.6 Å². The summed E-state index contributed by atoms with van der Waals surface area (Å²) in [5, 5.41) is 18.7. The molecule has 0 aliphatic carbocycles. The molecule has 2 heterocycles. The van der Waals surface area contributed by atoms with Crippen LogP contribution < -0.4 is 4.90 Å². The maximum atomic E-state index is 9.32. The van der Waals surface area contributed by atoms with Gasteiger partial charge in [0.1, 0.15) is 11.8 Å². The van der Waals surface area contributed by atoms with Gasteiger partial charge < -0.3 is 4.90 Å². The van der Waals surface area contributed by atoms with E-state index in [2.05, 4.69) is 21.2 Å². The molecule has 0 amide bonds. The zero-order chi connectivity index (χ0) is 14.7. The number of para-hydroxylation sites is 1. The minimum Gasteiger partial charge on any atom is -0.353 e. The lowest BCUT2D eigenvalue weighted by atomic mass is 10.2. The standard InChI is InChI=1S/C15H16ClN5/c16-12-7-3-4-8-14(12)21-18-13(11-17)15(19-21)20-9-5-1-2-6-10-20/h3-4,7-8H,1-2,5-6,9-10H2. The van der Waals surface area contributed by atoms with E-state index >= 15 is 0 Å². The van der Waals surface area contributed by atoms with Gasteiger partial charge >= 0.3 is 0 Å². The molecule has 6 heteroatoms. The van der Waals surface area contributed by atoms with Crippen LogP contribution in [0.5, 0.6) is 0 Å². The highest BCUT2D eigenvalue weighted by molar-refractivity contribution is 6.32. The van der Waals surface area contributed by atoms with Gasteiger partial charge in [-0.3, -0.25) is 0 Å². The number of benzene rings is 1. The summed E-state index contributed by atoms with van der Waals surface area (Å²) in [6.45, 7) is 1.85. The molecule has 0 radical (unpaired) electrons. The zero-order valence-corrected chi connectivity index (χ0v) is 12.4. The molecule has 108 valence electrons. The lowest BCUT2D eigenvalue weighted by Crippen LogP contribution is -2.25. The van der Waals surface area contributed by atoms with Crippen LogP contribution in [-0.4, -0.2) is 28.1 Å². The molecule has 5 nitrogen and oxygen atoms in total. The average Bonchev–Trinajstić information content (AvgIpc) is 2.74. The Morgan fingerprint density at radius 2 is 1.76 bits per heavy atom. The van der Waals surface area contributed by atoms with Crippen molar-refractivity contribution in [3.63, 3.8) is 0 Å². The Hall–Kier alpha value is -2.06. The molecule has 1 saturated heterocycles. The normalized spacial score (nSPS) is 15.5. The van der Waals surface area contributed by atoms with Gasteiger partial charge in [-0.25, -0.2) is 0 Å². The summed E-state index contributed by atoms with van der Waals surface area (Å²) in [6.07, 6.45) is 4.72. The van der Waals surface area contributed by atoms with E-state index < -0.39 is 0 Å². The van der Waals surface area contributed by atoms with E-state index in [4.69, 9.17) is 11.6 Å². The first-order valence-electron chi connectivity index (χ1n) is 7.17. The molecule has 0 unspecified atom stereocenters. The predicted octanol–water partition coefficient (Wildman–Crippen LogP) is 3.17. The van der Waals surface area contributed by atoms with Crippen LogP contribution in [0, 0.1) is 11.3 Å². The minimum atomic E-state index is 0.358. The van der Waals surface area contributed by atoms with Crippen LogP contribution in [0.3, 0.4) is 0 Å². The second-order valence-corrected chi connectivity index (χ2v) is 5.53. The van der Waals surface area contributed by atoms with Gasteiger partial charge in [0.2, 0.25) is 5.69 Å². The molecular formula is C15H16ClN5. The third-order valence-electron chi connectivity index (χ3n) is 3.68. The van der Waals surface area contributed by atoms with Crippen molar-refractivity contribution < 1.29 is 0 Å². The summed E-state index contributed by atoms with van der Waals surface area (Å²) >= 11 is 6.18. The molecule has 1 aliphatic rings. The number of anilines is 1. The molecule has 2 aromatic rings. The van der Waals surface area contributed by atoms with Crippen molar-refractivity contribution in [2.24, 2.45) is 0 Å². The maximum absolute atomic E-state index is 9.32. The van der Waals surface area contributed by atoms with E-state index in [-0.39, 0.29) is 0 Å². The second-order valence-electron chi connectivity index (χ2n) is 5.13. The lowest BCUT2D eigenvalue weighted by molar-refractivity contribution is 0.726.